The summed E-state index contributed by atoms with van der Waals surface area (Å²) in [6.45, 7) is 7.57. The van der Waals surface area contributed by atoms with E-state index in [1.807, 2.05) is 18.7 Å². The average Bonchev–Trinajstić information content (AvgIpc) is 2.37. The van der Waals surface area contributed by atoms with Gasteiger partial charge < -0.3 is 9.64 Å². The molecule has 0 aromatic heterocycles. The van der Waals surface area contributed by atoms with Crippen molar-refractivity contribution in [1.29, 1.82) is 0 Å². The van der Waals surface area contributed by atoms with Crippen LogP contribution in [0, 0.1) is 6.92 Å². The Morgan fingerprint density at radius 2 is 2.05 bits per heavy atom. The van der Waals surface area contributed by atoms with Gasteiger partial charge >= 0.3 is 0 Å². The Morgan fingerprint density at radius 1 is 1.35 bits per heavy atom. The fourth-order valence-electron chi connectivity index (χ4n) is 2.53. The van der Waals surface area contributed by atoms with Gasteiger partial charge in [-0.15, -0.1) is 11.8 Å². The topological polar surface area (TPSA) is 29.5 Å². The zero-order valence-electron chi connectivity index (χ0n) is 12.5. The number of nitrogens with zero attached hydrogens (tertiary/aromatic N) is 1. The third kappa shape index (κ3) is 4.53. The molecule has 0 radical (unpaired) electrons. The molecular weight excluding hydrogens is 270 g/mol. The number of aryl methyl sites for hydroxylation is 1. The first-order chi connectivity index (χ1) is 9.54. The Balaban J connectivity index is 1.77. The van der Waals surface area contributed by atoms with E-state index in [9.17, 15) is 4.79 Å². The summed E-state index contributed by atoms with van der Waals surface area (Å²) >= 11 is 1.69. The molecule has 3 nitrogen and oxygen atoms in total. The molecule has 1 saturated heterocycles. The van der Waals surface area contributed by atoms with Crippen LogP contribution in [0.5, 0.6) is 0 Å². The predicted molar refractivity (Wildman–Crippen MR) is 83.9 cm³/mol. The minimum absolute atomic E-state index is 0.143. The van der Waals surface area contributed by atoms with Gasteiger partial charge in [-0.05, 0) is 26.3 Å². The molecular formula is C16H23NO2S. The second-order valence-corrected chi connectivity index (χ2v) is 6.52. The van der Waals surface area contributed by atoms with Crippen molar-refractivity contribution in [3.8, 4) is 0 Å². The van der Waals surface area contributed by atoms with E-state index in [0.29, 0.717) is 18.8 Å². The van der Waals surface area contributed by atoms with Crippen LogP contribution in [0.15, 0.2) is 24.3 Å². The standard InChI is InChI=1S/C16H23NO2S/c1-12-5-4-6-15(7-12)10-20-11-16(18)17-8-13(2)19-14(3)9-17/h4-7,13-14H,8-11H2,1-3H3. The van der Waals surface area contributed by atoms with Crippen LogP contribution in [-0.4, -0.2) is 41.9 Å². The van der Waals surface area contributed by atoms with Crippen LogP contribution in [0.25, 0.3) is 0 Å². The van der Waals surface area contributed by atoms with Crippen LogP contribution >= 0.6 is 11.8 Å². The fourth-order valence-corrected chi connectivity index (χ4v) is 3.41. The van der Waals surface area contributed by atoms with E-state index in [4.69, 9.17) is 4.74 Å². The number of ether oxygens (including phenoxy) is 1. The summed E-state index contributed by atoms with van der Waals surface area (Å²) in [5, 5.41) is 0. The van der Waals surface area contributed by atoms with Crippen molar-refractivity contribution in [1.82, 2.24) is 4.90 Å². The second-order valence-electron chi connectivity index (χ2n) is 5.54. The van der Waals surface area contributed by atoms with Crippen molar-refractivity contribution in [2.24, 2.45) is 0 Å². The number of rotatable bonds is 4. The average molecular weight is 293 g/mol. The lowest BCUT2D eigenvalue weighted by Gasteiger charge is -2.35. The number of carbonyl (C=O) groups is 1. The molecule has 20 heavy (non-hydrogen) atoms. The van der Waals surface area contributed by atoms with Gasteiger partial charge in [0.2, 0.25) is 5.91 Å². The normalized spacial score (nSPS) is 22.9. The molecule has 0 saturated carbocycles. The van der Waals surface area contributed by atoms with E-state index in [1.165, 1.54) is 11.1 Å². The van der Waals surface area contributed by atoms with Crippen LogP contribution in [0.3, 0.4) is 0 Å². The lowest BCUT2D eigenvalue weighted by molar-refractivity contribution is -0.140. The van der Waals surface area contributed by atoms with Gasteiger partial charge in [-0.3, -0.25) is 4.79 Å². The lowest BCUT2D eigenvalue weighted by Crippen LogP contribution is -2.48. The zero-order valence-corrected chi connectivity index (χ0v) is 13.3. The maximum Gasteiger partial charge on any atom is 0.232 e. The van der Waals surface area contributed by atoms with Crippen molar-refractivity contribution in [2.45, 2.75) is 38.7 Å². The van der Waals surface area contributed by atoms with Gasteiger partial charge in [-0.1, -0.05) is 29.8 Å². The van der Waals surface area contributed by atoms with Crippen molar-refractivity contribution in [3.63, 3.8) is 0 Å². The highest BCUT2D eigenvalue weighted by Crippen LogP contribution is 2.16. The molecule has 0 spiro atoms. The Labute approximate surface area is 125 Å². The van der Waals surface area contributed by atoms with E-state index in [-0.39, 0.29) is 18.1 Å². The van der Waals surface area contributed by atoms with Crippen LogP contribution in [0.1, 0.15) is 25.0 Å². The summed E-state index contributed by atoms with van der Waals surface area (Å²) in [6, 6.07) is 8.45. The first-order valence-corrected chi connectivity index (χ1v) is 8.26. The van der Waals surface area contributed by atoms with Gasteiger partial charge in [0, 0.05) is 18.8 Å². The minimum atomic E-state index is 0.143. The van der Waals surface area contributed by atoms with Gasteiger partial charge in [0.05, 0.1) is 18.0 Å². The quantitative estimate of drug-likeness (QED) is 0.855. The molecule has 1 aromatic rings. The highest BCUT2D eigenvalue weighted by Gasteiger charge is 2.25. The van der Waals surface area contributed by atoms with Crippen molar-refractivity contribution >= 4 is 17.7 Å². The molecule has 110 valence electrons. The molecule has 1 fully saturated rings. The van der Waals surface area contributed by atoms with Gasteiger partial charge in [-0.2, -0.15) is 0 Å². The third-order valence-corrected chi connectivity index (χ3v) is 4.34. The SMILES string of the molecule is Cc1cccc(CSCC(=O)N2CC(C)OC(C)C2)c1. The van der Waals surface area contributed by atoms with E-state index in [1.54, 1.807) is 11.8 Å². The van der Waals surface area contributed by atoms with Gasteiger partial charge in [-0.25, -0.2) is 0 Å². The third-order valence-electron chi connectivity index (χ3n) is 3.35. The van der Waals surface area contributed by atoms with Crippen molar-refractivity contribution in [2.75, 3.05) is 18.8 Å². The van der Waals surface area contributed by atoms with Crippen LogP contribution < -0.4 is 0 Å². The summed E-state index contributed by atoms with van der Waals surface area (Å²) < 4.78 is 5.65. The Morgan fingerprint density at radius 3 is 2.70 bits per heavy atom. The highest BCUT2D eigenvalue weighted by atomic mass is 32.2. The summed E-state index contributed by atoms with van der Waals surface area (Å²) in [4.78, 5) is 14.1. The maximum absolute atomic E-state index is 12.2. The van der Waals surface area contributed by atoms with Crippen LogP contribution in [0.2, 0.25) is 0 Å². The molecule has 2 rings (SSSR count). The molecule has 0 aliphatic carbocycles. The Bertz CT molecular complexity index is 454. The van der Waals surface area contributed by atoms with E-state index >= 15 is 0 Å². The zero-order chi connectivity index (χ0) is 14.5. The number of carbonyl (C=O) groups excluding carboxylic acids is 1. The number of benzene rings is 1. The van der Waals surface area contributed by atoms with Gasteiger partial charge in [0.15, 0.2) is 0 Å². The van der Waals surface area contributed by atoms with Gasteiger partial charge in [0.1, 0.15) is 0 Å². The lowest BCUT2D eigenvalue weighted by atomic mass is 10.2. The Hall–Kier alpha value is -1.00. The molecule has 1 aromatic carbocycles. The Kier molecular flexibility index (Phi) is 5.49. The number of morpholine rings is 1. The van der Waals surface area contributed by atoms with Crippen LogP contribution in [-0.2, 0) is 15.3 Å². The number of hydrogen-bond donors (Lipinski definition) is 0. The van der Waals surface area contributed by atoms with E-state index < -0.39 is 0 Å². The minimum Gasteiger partial charge on any atom is -0.372 e. The molecule has 0 bridgehead atoms. The summed E-state index contributed by atoms with van der Waals surface area (Å²) in [5.41, 5.74) is 2.55. The molecule has 2 unspecified atom stereocenters. The molecule has 1 aliphatic rings. The predicted octanol–water partition coefficient (Wildman–Crippen LogP) is 2.86. The fraction of sp³-hybridized carbons (Fsp3) is 0.562. The largest absolute Gasteiger partial charge is 0.372 e. The summed E-state index contributed by atoms with van der Waals surface area (Å²) in [7, 11) is 0. The number of hydrogen-bond acceptors (Lipinski definition) is 3. The monoisotopic (exact) mass is 293 g/mol. The first kappa shape index (κ1) is 15.4. The van der Waals surface area contributed by atoms with E-state index in [2.05, 4.69) is 31.2 Å². The molecule has 1 amide bonds. The summed E-state index contributed by atoms with van der Waals surface area (Å²) in [6.07, 6.45) is 0.286. The van der Waals surface area contributed by atoms with Gasteiger partial charge in [0.25, 0.3) is 0 Å². The number of amides is 1. The van der Waals surface area contributed by atoms with Crippen LogP contribution in [0.4, 0.5) is 0 Å². The highest BCUT2D eigenvalue weighted by molar-refractivity contribution is 7.99. The molecule has 2 atom stereocenters. The smallest absolute Gasteiger partial charge is 0.232 e. The summed E-state index contributed by atoms with van der Waals surface area (Å²) in [5.74, 6) is 1.67. The second kappa shape index (κ2) is 7.14. The molecule has 0 N–H and O–H groups in total. The molecule has 1 heterocycles. The molecule has 4 heteroatoms. The number of thioether (sulfide) groups is 1. The first-order valence-electron chi connectivity index (χ1n) is 7.11. The van der Waals surface area contributed by atoms with E-state index in [0.717, 1.165) is 5.75 Å². The molecule has 1 aliphatic heterocycles. The van der Waals surface area contributed by atoms with Crippen molar-refractivity contribution in [3.05, 3.63) is 35.4 Å². The van der Waals surface area contributed by atoms with Crippen molar-refractivity contribution < 1.29 is 9.53 Å². The maximum atomic E-state index is 12.2.